The summed E-state index contributed by atoms with van der Waals surface area (Å²) in [4.78, 5) is 27.7. The van der Waals surface area contributed by atoms with E-state index in [0.29, 0.717) is 28.3 Å². The van der Waals surface area contributed by atoms with Gasteiger partial charge in [0.1, 0.15) is 0 Å². The summed E-state index contributed by atoms with van der Waals surface area (Å²) in [5.74, 6) is -1.40. The maximum absolute atomic E-state index is 13.3. The number of ketones is 1. The summed E-state index contributed by atoms with van der Waals surface area (Å²) in [6, 6.07) is 15.3. The molecule has 1 aliphatic heterocycles. The second kappa shape index (κ2) is 8.32. The van der Waals surface area contributed by atoms with Crippen LogP contribution in [0.25, 0.3) is 0 Å². The van der Waals surface area contributed by atoms with Crippen LogP contribution in [0, 0.1) is 11.3 Å². The van der Waals surface area contributed by atoms with E-state index in [0.717, 1.165) is 0 Å². The molecule has 160 valence electrons. The number of benzene rings is 2. The normalized spacial score (nSPS) is 15.6. The van der Waals surface area contributed by atoms with Crippen molar-refractivity contribution >= 4 is 17.4 Å². The Hall–Kier alpha value is -4.51. The molecule has 4 rings (SSSR count). The minimum absolute atomic E-state index is 0.0205. The van der Waals surface area contributed by atoms with E-state index >= 15 is 0 Å². The van der Waals surface area contributed by atoms with Crippen molar-refractivity contribution in [2.75, 3.05) is 19.1 Å². The molecule has 0 bridgehead atoms. The molecule has 2 heterocycles. The number of aliphatic hydroxyl groups excluding tert-OH is 1. The van der Waals surface area contributed by atoms with E-state index in [1.165, 1.54) is 31.4 Å². The second-order valence-corrected chi connectivity index (χ2v) is 6.89. The first-order chi connectivity index (χ1) is 15.5. The van der Waals surface area contributed by atoms with Crippen LogP contribution >= 0.6 is 0 Å². The zero-order valence-electron chi connectivity index (χ0n) is 17.2. The summed E-state index contributed by atoms with van der Waals surface area (Å²) in [5, 5.41) is 19.9. The molecule has 0 radical (unpaired) electrons. The van der Waals surface area contributed by atoms with Crippen LogP contribution in [0.2, 0.25) is 0 Å². The van der Waals surface area contributed by atoms with E-state index in [1.54, 1.807) is 48.5 Å². The third-order valence-electron chi connectivity index (χ3n) is 5.20. The van der Waals surface area contributed by atoms with E-state index in [9.17, 15) is 14.7 Å². The minimum atomic E-state index is -1.03. The molecule has 8 nitrogen and oxygen atoms in total. The number of para-hydroxylation sites is 1. The zero-order chi connectivity index (χ0) is 22.8. The van der Waals surface area contributed by atoms with Gasteiger partial charge < -0.3 is 19.0 Å². The summed E-state index contributed by atoms with van der Waals surface area (Å²) >= 11 is 0. The number of methoxy groups -OCH3 is 2. The Balaban J connectivity index is 1.94. The lowest BCUT2D eigenvalue weighted by molar-refractivity contribution is -0.117. The molecule has 1 amide bonds. The SMILES string of the molecule is COc1cccc(C2C(C(=O)c3ccco3)=C(O)C(=O)N2c2ccc(C#N)cc2)c1OC. The smallest absolute Gasteiger partial charge is 0.294 e. The first kappa shape index (κ1) is 20.8. The number of Topliss-reactive ketones (excluding diaryl/α,β-unsaturated/α-hetero) is 1. The maximum Gasteiger partial charge on any atom is 0.294 e. The number of rotatable bonds is 6. The van der Waals surface area contributed by atoms with Crippen LogP contribution in [0.3, 0.4) is 0 Å². The Kier molecular flexibility index (Phi) is 5.39. The number of ether oxygens (including phenoxy) is 2. The highest BCUT2D eigenvalue weighted by Gasteiger charge is 2.46. The fourth-order valence-electron chi connectivity index (χ4n) is 3.76. The van der Waals surface area contributed by atoms with Crippen LogP contribution in [-0.2, 0) is 4.79 Å². The number of furan rings is 1. The summed E-state index contributed by atoms with van der Waals surface area (Å²) in [6.07, 6.45) is 1.33. The van der Waals surface area contributed by atoms with E-state index in [-0.39, 0.29) is 11.3 Å². The van der Waals surface area contributed by atoms with Crippen molar-refractivity contribution in [2.24, 2.45) is 0 Å². The van der Waals surface area contributed by atoms with E-state index < -0.39 is 23.5 Å². The number of carbonyl (C=O) groups is 2. The highest BCUT2D eigenvalue weighted by Crippen LogP contribution is 2.47. The molecular weight excluding hydrogens is 412 g/mol. The number of hydrogen-bond donors (Lipinski definition) is 1. The van der Waals surface area contributed by atoms with Gasteiger partial charge in [0.05, 0.1) is 43.7 Å². The predicted octanol–water partition coefficient (Wildman–Crippen LogP) is 3.95. The number of carbonyl (C=O) groups excluding carboxylic acids is 2. The molecular formula is C24H18N2O6. The third kappa shape index (κ3) is 3.26. The van der Waals surface area contributed by atoms with Gasteiger partial charge in [0.25, 0.3) is 5.91 Å². The van der Waals surface area contributed by atoms with Gasteiger partial charge in [-0.05, 0) is 42.5 Å². The summed E-state index contributed by atoms with van der Waals surface area (Å²) < 4.78 is 16.2. The van der Waals surface area contributed by atoms with Gasteiger partial charge in [-0.25, -0.2) is 0 Å². The van der Waals surface area contributed by atoms with Gasteiger partial charge in [0, 0.05) is 11.3 Å². The molecule has 1 N–H and O–H groups in total. The molecule has 1 aromatic heterocycles. The van der Waals surface area contributed by atoms with Gasteiger partial charge in [-0.1, -0.05) is 12.1 Å². The van der Waals surface area contributed by atoms with Crippen LogP contribution in [0.4, 0.5) is 5.69 Å². The fourth-order valence-corrected chi connectivity index (χ4v) is 3.76. The van der Waals surface area contributed by atoms with Crippen molar-refractivity contribution in [3.63, 3.8) is 0 Å². The molecule has 3 aromatic rings. The highest BCUT2D eigenvalue weighted by molar-refractivity contribution is 6.20. The minimum Gasteiger partial charge on any atom is -0.503 e. The zero-order valence-corrected chi connectivity index (χ0v) is 17.2. The number of nitriles is 1. The van der Waals surface area contributed by atoms with Crippen LogP contribution in [0.15, 0.2) is 76.6 Å². The van der Waals surface area contributed by atoms with E-state index in [4.69, 9.17) is 19.2 Å². The molecule has 2 aromatic carbocycles. The van der Waals surface area contributed by atoms with Crippen molar-refractivity contribution < 1.29 is 28.6 Å². The predicted molar refractivity (Wildman–Crippen MR) is 114 cm³/mol. The topological polar surface area (TPSA) is 113 Å². The summed E-state index contributed by atoms with van der Waals surface area (Å²) in [6.45, 7) is 0. The lowest BCUT2D eigenvalue weighted by atomic mass is 9.93. The summed E-state index contributed by atoms with van der Waals surface area (Å²) in [7, 11) is 2.92. The van der Waals surface area contributed by atoms with Crippen molar-refractivity contribution in [3.8, 4) is 17.6 Å². The van der Waals surface area contributed by atoms with Crippen LogP contribution < -0.4 is 14.4 Å². The highest BCUT2D eigenvalue weighted by atomic mass is 16.5. The lowest BCUT2D eigenvalue weighted by Gasteiger charge is -2.28. The lowest BCUT2D eigenvalue weighted by Crippen LogP contribution is -2.31. The molecule has 1 atom stereocenters. The Labute approximate surface area is 183 Å². The molecule has 0 saturated heterocycles. The van der Waals surface area contributed by atoms with Crippen molar-refractivity contribution in [3.05, 3.63) is 89.1 Å². The average Bonchev–Trinajstić information content (AvgIpc) is 3.45. The van der Waals surface area contributed by atoms with Gasteiger partial charge in [-0.2, -0.15) is 5.26 Å². The monoisotopic (exact) mass is 430 g/mol. The number of hydrogen-bond acceptors (Lipinski definition) is 7. The quantitative estimate of drug-likeness (QED) is 0.589. The first-order valence-electron chi connectivity index (χ1n) is 9.57. The Morgan fingerprint density at radius 3 is 2.44 bits per heavy atom. The van der Waals surface area contributed by atoms with E-state index in [1.807, 2.05) is 6.07 Å². The van der Waals surface area contributed by atoms with Crippen molar-refractivity contribution in [1.29, 1.82) is 5.26 Å². The molecule has 0 fully saturated rings. The summed E-state index contributed by atoms with van der Waals surface area (Å²) in [5.41, 5.74) is 1.07. The van der Waals surface area contributed by atoms with Gasteiger partial charge in [-0.3, -0.25) is 14.5 Å². The molecule has 1 unspecified atom stereocenters. The van der Waals surface area contributed by atoms with Gasteiger partial charge in [0.15, 0.2) is 23.0 Å². The van der Waals surface area contributed by atoms with E-state index in [2.05, 4.69) is 0 Å². The van der Waals surface area contributed by atoms with Crippen LogP contribution in [-0.4, -0.2) is 31.0 Å². The number of nitrogens with zero attached hydrogens (tertiary/aromatic N) is 2. The number of amides is 1. The molecule has 1 aliphatic rings. The number of aliphatic hydroxyl groups is 1. The van der Waals surface area contributed by atoms with Crippen LogP contribution in [0.5, 0.6) is 11.5 Å². The van der Waals surface area contributed by atoms with Gasteiger partial charge in [-0.15, -0.1) is 0 Å². The van der Waals surface area contributed by atoms with Crippen molar-refractivity contribution in [1.82, 2.24) is 0 Å². The average molecular weight is 430 g/mol. The Morgan fingerprint density at radius 1 is 1.09 bits per heavy atom. The first-order valence-corrected chi connectivity index (χ1v) is 9.57. The molecule has 0 aliphatic carbocycles. The van der Waals surface area contributed by atoms with Gasteiger partial charge in [0.2, 0.25) is 5.78 Å². The fraction of sp³-hybridized carbons (Fsp3) is 0.125. The second-order valence-electron chi connectivity index (χ2n) is 6.89. The van der Waals surface area contributed by atoms with Crippen LogP contribution in [0.1, 0.15) is 27.7 Å². The molecule has 8 heteroatoms. The van der Waals surface area contributed by atoms with Gasteiger partial charge >= 0.3 is 0 Å². The Bertz CT molecular complexity index is 1250. The third-order valence-corrected chi connectivity index (χ3v) is 5.20. The Morgan fingerprint density at radius 2 is 1.84 bits per heavy atom. The molecule has 32 heavy (non-hydrogen) atoms. The molecule has 0 saturated carbocycles. The number of anilines is 1. The largest absolute Gasteiger partial charge is 0.503 e. The standard InChI is InChI=1S/C24H18N2O6/c1-30-18-6-3-5-16(23(18)31-2)20-19(21(27)17-7-4-12-32-17)22(28)24(29)26(20)15-10-8-14(13-25)9-11-15/h3-12,20,28H,1-2H3. The maximum atomic E-state index is 13.3. The molecule has 0 spiro atoms. The van der Waals surface area contributed by atoms with Crippen molar-refractivity contribution in [2.45, 2.75) is 6.04 Å².